The number of ether oxygens (including phenoxy) is 3. The molecule has 0 N–H and O–H groups in total. The lowest BCUT2D eigenvalue weighted by atomic mass is 9.97. The Morgan fingerprint density at radius 1 is 1.25 bits per heavy atom. The van der Waals surface area contributed by atoms with Gasteiger partial charge in [-0.05, 0) is 23.4 Å². The van der Waals surface area contributed by atoms with Gasteiger partial charge >= 0.3 is 0 Å². The zero-order valence-electron chi connectivity index (χ0n) is 11.9. The standard InChI is InChI=1S/C16H18O4/c1-4-11-6-5-7-13-15(11)12(9-17)8-14(19-3)16(13)20-10-18-2/h5-9H,4,10H2,1-3H3. The van der Waals surface area contributed by atoms with E-state index in [0.29, 0.717) is 17.1 Å². The van der Waals surface area contributed by atoms with Crippen molar-refractivity contribution < 1.29 is 19.0 Å². The Kier molecular flexibility index (Phi) is 4.58. The molecule has 0 aliphatic carbocycles. The summed E-state index contributed by atoms with van der Waals surface area (Å²) in [5, 5.41) is 1.78. The summed E-state index contributed by atoms with van der Waals surface area (Å²) in [4.78, 5) is 11.4. The number of rotatable bonds is 6. The predicted molar refractivity (Wildman–Crippen MR) is 77.8 cm³/mol. The van der Waals surface area contributed by atoms with Gasteiger partial charge in [0.25, 0.3) is 0 Å². The Morgan fingerprint density at radius 2 is 2.05 bits per heavy atom. The summed E-state index contributed by atoms with van der Waals surface area (Å²) in [6.45, 7) is 2.19. The Bertz CT molecular complexity index is 619. The summed E-state index contributed by atoms with van der Waals surface area (Å²) < 4.78 is 15.9. The Hall–Kier alpha value is -2.07. The Labute approximate surface area is 118 Å². The van der Waals surface area contributed by atoms with Gasteiger partial charge in [-0.1, -0.05) is 25.1 Å². The Morgan fingerprint density at radius 3 is 2.65 bits per heavy atom. The lowest BCUT2D eigenvalue weighted by Crippen LogP contribution is -2.03. The molecule has 2 aromatic carbocycles. The van der Waals surface area contributed by atoms with Crippen LogP contribution in [0.15, 0.2) is 24.3 Å². The highest BCUT2D eigenvalue weighted by Crippen LogP contribution is 2.39. The average molecular weight is 274 g/mol. The maximum atomic E-state index is 11.4. The SMILES string of the molecule is CCc1cccc2c(OCOC)c(OC)cc(C=O)c12. The summed E-state index contributed by atoms with van der Waals surface area (Å²) >= 11 is 0. The summed E-state index contributed by atoms with van der Waals surface area (Å²) in [5.74, 6) is 1.13. The van der Waals surface area contributed by atoms with Crippen LogP contribution < -0.4 is 9.47 Å². The van der Waals surface area contributed by atoms with E-state index in [9.17, 15) is 4.79 Å². The van der Waals surface area contributed by atoms with E-state index in [0.717, 1.165) is 29.0 Å². The Balaban J connectivity index is 2.78. The smallest absolute Gasteiger partial charge is 0.188 e. The molecular weight excluding hydrogens is 256 g/mol. The van der Waals surface area contributed by atoms with Crippen molar-refractivity contribution in [3.63, 3.8) is 0 Å². The van der Waals surface area contributed by atoms with Crippen LogP contribution in [0.1, 0.15) is 22.8 Å². The van der Waals surface area contributed by atoms with Crippen LogP contribution in [0.5, 0.6) is 11.5 Å². The van der Waals surface area contributed by atoms with Crippen LogP contribution in [-0.4, -0.2) is 27.3 Å². The molecule has 0 atom stereocenters. The normalized spacial score (nSPS) is 10.6. The third kappa shape index (κ3) is 2.47. The number of hydrogen-bond acceptors (Lipinski definition) is 4. The van der Waals surface area contributed by atoms with Gasteiger partial charge in [0.05, 0.1) is 7.11 Å². The van der Waals surface area contributed by atoms with Crippen molar-refractivity contribution in [2.75, 3.05) is 21.0 Å². The maximum absolute atomic E-state index is 11.4. The van der Waals surface area contributed by atoms with Crippen LogP contribution in [-0.2, 0) is 11.2 Å². The largest absolute Gasteiger partial charge is 0.493 e. The molecular formula is C16H18O4. The van der Waals surface area contributed by atoms with Crippen molar-refractivity contribution in [3.8, 4) is 11.5 Å². The van der Waals surface area contributed by atoms with Crippen molar-refractivity contribution in [2.24, 2.45) is 0 Å². The van der Waals surface area contributed by atoms with E-state index in [1.54, 1.807) is 20.3 Å². The van der Waals surface area contributed by atoms with Crippen LogP contribution in [0.2, 0.25) is 0 Å². The van der Waals surface area contributed by atoms with Gasteiger partial charge in [0.1, 0.15) is 0 Å². The summed E-state index contributed by atoms with van der Waals surface area (Å²) in [6.07, 6.45) is 1.69. The molecule has 4 nitrogen and oxygen atoms in total. The third-order valence-corrected chi connectivity index (χ3v) is 3.24. The van der Waals surface area contributed by atoms with Crippen LogP contribution in [0.25, 0.3) is 10.8 Å². The van der Waals surface area contributed by atoms with Gasteiger partial charge in [-0.15, -0.1) is 0 Å². The average Bonchev–Trinajstić information content (AvgIpc) is 2.51. The van der Waals surface area contributed by atoms with E-state index in [1.807, 2.05) is 18.2 Å². The van der Waals surface area contributed by atoms with Gasteiger partial charge in [-0.2, -0.15) is 0 Å². The van der Waals surface area contributed by atoms with Crippen LogP contribution in [0.3, 0.4) is 0 Å². The maximum Gasteiger partial charge on any atom is 0.188 e. The van der Waals surface area contributed by atoms with Crippen LogP contribution in [0.4, 0.5) is 0 Å². The van der Waals surface area contributed by atoms with Crippen molar-refractivity contribution in [3.05, 3.63) is 35.4 Å². The molecule has 4 heteroatoms. The van der Waals surface area contributed by atoms with Gasteiger partial charge in [0.2, 0.25) is 0 Å². The fraction of sp³-hybridized carbons (Fsp3) is 0.312. The molecule has 0 fully saturated rings. The van der Waals surface area contributed by atoms with E-state index in [-0.39, 0.29) is 6.79 Å². The highest BCUT2D eigenvalue weighted by Gasteiger charge is 2.16. The second-order valence-corrected chi connectivity index (χ2v) is 4.36. The van der Waals surface area contributed by atoms with Gasteiger partial charge < -0.3 is 14.2 Å². The minimum atomic E-state index is 0.127. The third-order valence-electron chi connectivity index (χ3n) is 3.24. The number of fused-ring (bicyclic) bond motifs is 1. The molecule has 0 aliphatic heterocycles. The summed E-state index contributed by atoms with van der Waals surface area (Å²) in [5.41, 5.74) is 1.72. The monoisotopic (exact) mass is 274 g/mol. The van der Waals surface area contributed by atoms with E-state index in [4.69, 9.17) is 14.2 Å². The number of carbonyl (C=O) groups excluding carboxylic acids is 1. The molecule has 106 valence electrons. The first kappa shape index (κ1) is 14.3. The number of benzene rings is 2. The molecule has 0 saturated heterocycles. The topological polar surface area (TPSA) is 44.8 Å². The number of hydrogen-bond donors (Lipinski definition) is 0. The lowest BCUT2D eigenvalue weighted by molar-refractivity contribution is 0.0503. The first-order valence-corrected chi connectivity index (χ1v) is 6.46. The number of aryl methyl sites for hydroxylation is 1. The van der Waals surface area contributed by atoms with Gasteiger partial charge in [-0.3, -0.25) is 4.79 Å². The van der Waals surface area contributed by atoms with E-state index >= 15 is 0 Å². The fourth-order valence-corrected chi connectivity index (χ4v) is 2.35. The molecule has 20 heavy (non-hydrogen) atoms. The molecule has 2 aromatic rings. The van der Waals surface area contributed by atoms with Crippen molar-refractivity contribution in [2.45, 2.75) is 13.3 Å². The zero-order valence-corrected chi connectivity index (χ0v) is 11.9. The van der Waals surface area contributed by atoms with Crippen LogP contribution >= 0.6 is 0 Å². The molecule has 0 bridgehead atoms. The van der Waals surface area contributed by atoms with Crippen molar-refractivity contribution in [1.82, 2.24) is 0 Å². The van der Waals surface area contributed by atoms with Gasteiger partial charge in [0, 0.05) is 18.1 Å². The highest BCUT2D eigenvalue weighted by molar-refractivity contribution is 6.04. The van der Waals surface area contributed by atoms with Gasteiger partial charge in [0.15, 0.2) is 24.6 Å². The number of carbonyl (C=O) groups is 1. The van der Waals surface area contributed by atoms with E-state index < -0.39 is 0 Å². The number of methoxy groups -OCH3 is 2. The summed E-state index contributed by atoms with van der Waals surface area (Å²) in [6, 6.07) is 7.60. The first-order valence-electron chi connectivity index (χ1n) is 6.46. The second kappa shape index (κ2) is 6.39. The molecule has 0 radical (unpaired) electrons. The molecule has 0 spiro atoms. The molecule has 0 amide bonds. The van der Waals surface area contributed by atoms with E-state index in [2.05, 4.69) is 6.92 Å². The lowest BCUT2D eigenvalue weighted by Gasteiger charge is -2.16. The molecule has 0 saturated carbocycles. The second-order valence-electron chi connectivity index (χ2n) is 4.36. The minimum absolute atomic E-state index is 0.127. The molecule has 2 rings (SSSR count). The molecule has 0 unspecified atom stereocenters. The van der Waals surface area contributed by atoms with Gasteiger partial charge in [-0.25, -0.2) is 0 Å². The molecule has 0 aliphatic rings. The van der Waals surface area contributed by atoms with Crippen LogP contribution in [0, 0.1) is 0 Å². The predicted octanol–water partition coefficient (Wildman–Crippen LogP) is 3.21. The highest BCUT2D eigenvalue weighted by atomic mass is 16.7. The molecule has 0 aromatic heterocycles. The quantitative estimate of drug-likeness (QED) is 0.599. The molecule has 0 heterocycles. The minimum Gasteiger partial charge on any atom is -0.493 e. The van der Waals surface area contributed by atoms with Crippen molar-refractivity contribution in [1.29, 1.82) is 0 Å². The van der Waals surface area contributed by atoms with E-state index in [1.165, 1.54) is 0 Å². The first-order chi connectivity index (χ1) is 9.76. The van der Waals surface area contributed by atoms with Crippen molar-refractivity contribution >= 4 is 17.1 Å². The summed E-state index contributed by atoms with van der Waals surface area (Å²) in [7, 11) is 3.12. The zero-order chi connectivity index (χ0) is 14.5. The fourth-order valence-electron chi connectivity index (χ4n) is 2.35. The number of aldehydes is 1.